The molecule has 0 unspecified atom stereocenters. The van der Waals surface area contributed by atoms with E-state index in [-0.39, 0.29) is 11.1 Å². The van der Waals surface area contributed by atoms with Gasteiger partial charge in [0.05, 0.1) is 39.7 Å². The molecule has 0 aromatic carbocycles. The molecule has 130 valence electrons. The van der Waals surface area contributed by atoms with Crippen molar-refractivity contribution in [3.05, 3.63) is 28.9 Å². The Morgan fingerprint density at radius 1 is 1.04 bits per heavy atom. The number of rotatable bonds is 7. The smallest absolute Gasteiger partial charge is 0.348 e. The number of nitrogens with zero attached hydrogens (tertiary/aromatic N) is 2. The summed E-state index contributed by atoms with van der Waals surface area (Å²) >= 11 is 0. The van der Waals surface area contributed by atoms with Crippen molar-refractivity contribution in [1.29, 1.82) is 15.9 Å². The highest BCUT2D eigenvalue weighted by atomic mass is 16.5. The molecule has 9 nitrogen and oxygen atoms in total. The highest BCUT2D eigenvalue weighted by Crippen LogP contribution is 2.21. The Bertz CT molecular complexity index is 745. The van der Waals surface area contributed by atoms with Crippen LogP contribution < -0.4 is 0 Å². The van der Waals surface area contributed by atoms with Crippen LogP contribution in [-0.4, -0.2) is 45.1 Å². The van der Waals surface area contributed by atoms with E-state index in [1.807, 2.05) is 11.9 Å². The van der Waals surface area contributed by atoms with E-state index in [2.05, 4.69) is 14.2 Å². The van der Waals surface area contributed by atoms with Crippen LogP contribution in [0.4, 0.5) is 0 Å². The predicted molar refractivity (Wildman–Crippen MR) is 82.8 cm³/mol. The summed E-state index contributed by atoms with van der Waals surface area (Å²) in [6.45, 7) is 0. The van der Waals surface area contributed by atoms with Crippen LogP contribution >= 0.6 is 0 Å². The summed E-state index contributed by atoms with van der Waals surface area (Å²) in [7, 11) is 3.27. The number of ether oxygens (including phenoxy) is 3. The van der Waals surface area contributed by atoms with E-state index in [4.69, 9.17) is 10.7 Å². The topological polar surface area (TPSA) is 150 Å². The molecule has 0 aliphatic rings. The standard InChI is InChI=1S/C16H15N3O6/c1-23-14(20)6-11(7-17)10(4-12(8-18)15(21)24-2)5-13(9-19)16(22)25-3/h4-5,11,18H,6H2,1-3H3/b10-4+,13-5+/t11-/m1/s1. The zero-order valence-electron chi connectivity index (χ0n) is 13.8. The highest BCUT2D eigenvalue weighted by Gasteiger charge is 2.21. The quantitative estimate of drug-likeness (QED) is 0.176. The molecule has 0 radical (unpaired) electrons. The lowest BCUT2D eigenvalue weighted by atomic mass is 9.93. The molecule has 25 heavy (non-hydrogen) atoms. The van der Waals surface area contributed by atoms with Gasteiger partial charge in [0, 0.05) is 0 Å². The Kier molecular flexibility index (Phi) is 9.34. The third kappa shape index (κ3) is 6.53. The summed E-state index contributed by atoms with van der Waals surface area (Å²) < 4.78 is 13.4. The third-order valence-electron chi connectivity index (χ3n) is 2.84. The molecule has 0 spiro atoms. The summed E-state index contributed by atoms with van der Waals surface area (Å²) in [5.74, 6) is -1.95. The van der Waals surface area contributed by atoms with E-state index in [9.17, 15) is 19.6 Å². The molecule has 0 aromatic rings. The van der Waals surface area contributed by atoms with Crippen LogP contribution in [0.5, 0.6) is 0 Å². The van der Waals surface area contributed by atoms with Crippen LogP contribution in [0.2, 0.25) is 0 Å². The molecule has 0 saturated carbocycles. The minimum Gasteiger partial charge on any atom is -0.469 e. The molecule has 9 heteroatoms. The van der Waals surface area contributed by atoms with E-state index in [0.29, 0.717) is 0 Å². The number of carbonyl (C=O) groups excluding carboxylic acids is 3. The van der Waals surface area contributed by atoms with Gasteiger partial charge in [-0.25, -0.2) is 9.59 Å². The molecule has 0 bridgehead atoms. The maximum absolute atomic E-state index is 11.6. The van der Waals surface area contributed by atoms with Gasteiger partial charge >= 0.3 is 17.9 Å². The number of carbonyl (C=O) groups is 3. The van der Waals surface area contributed by atoms with Crippen molar-refractivity contribution >= 4 is 23.8 Å². The van der Waals surface area contributed by atoms with Crippen molar-refractivity contribution in [2.75, 3.05) is 21.3 Å². The first-order chi connectivity index (χ1) is 11.9. The van der Waals surface area contributed by atoms with Crippen molar-refractivity contribution < 1.29 is 28.6 Å². The monoisotopic (exact) mass is 345 g/mol. The second-order valence-electron chi connectivity index (χ2n) is 4.30. The number of hydrogen-bond donors (Lipinski definition) is 1. The molecule has 0 rings (SSSR count). The highest BCUT2D eigenvalue weighted by molar-refractivity contribution is 6.00. The lowest BCUT2D eigenvalue weighted by Gasteiger charge is -2.10. The van der Waals surface area contributed by atoms with Crippen molar-refractivity contribution in [2.45, 2.75) is 6.42 Å². The van der Waals surface area contributed by atoms with Crippen molar-refractivity contribution in [1.82, 2.24) is 0 Å². The number of allylic oxidation sites excluding steroid dienone is 2. The fourth-order valence-electron chi connectivity index (χ4n) is 1.57. The summed E-state index contributed by atoms with van der Waals surface area (Å²) in [5.41, 5.74) is -0.899. The molecule has 0 saturated heterocycles. The average molecular weight is 345 g/mol. The Balaban J connectivity index is 6.27. The van der Waals surface area contributed by atoms with Gasteiger partial charge in [-0.1, -0.05) is 0 Å². The SMILES string of the molecule is COC(=O)C[C@H](C#N)C(/C=C(\C#N)C(=O)OC)=C/C(=C=N)C(=O)OC. The molecule has 0 amide bonds. The number of methoxy groups -OCH3 is 3. The van der Waals surface area contributed by atoms with E-state index in [0.717, 1.165) is 33.5 Å². The van der Waals surface area contributed by atoms with Crippen LogP contribution in [0, 0.1) is 34.0 Å². The number of nitriles is 2. The van der Waals surface area contributed by atoms with Gasteiger partial charge in [0.1, 0.15) is 17.2 Å². The van der Waals surface area contributed by atoms with E-state index in [1.165, 1.54) is 0 Å². The summed E-state index contributed by atoms with van der Waals surface area (Å²) in [6, 6.07) is 3.40. The van der Waals surface area contributed by atoms with Gasteiger partial charge in [-0.05, 0) is 23.6 Å². The summed E-state index contributed by atoms with van der Waals surface area (Å²) in [4.78, 5) is 34.6. The Morgan fingerprint density at radius 2 is 1.64 bits per heavy atom. The second kappa shape index (κ2) is 10.9. The Hall–Kier alpha value is -3.68. The van der Waals surface area contributed by atoms with Gasteiger partial charge in [-0.15, -0.1) is 0 Å². The Labute approximate surface area is 143 Å². The summed E-state index contributed by atoms with van der Waals surface area (Å²) in [5, 5.41) is 25.4. The summed E-state index contributed by atoms with van der Waals surface area (Å²) in [6.07, 6.45) is 1.61. The van der Waals surface area contributed by atoms with Crippen LogP contribution in [0.1, 0.15) is 6.42 Å². The Morgan fingerprint density at radius 3 is 2.04 bits per heavy atom. The fourth-order valence-corrected chi connectivity index (χ4v) is 1.57. The first kappa shape index (κ1) is 21.3. The minimum absolute atomic E-state index is 0.0602. The molecule has 1 N–H and O–H groups in total. The number of esters is 3. The minimum atomic E-state index is -1.16. The zero-order valence-corrected chi connectivity index (χ0v) is 13.8. The maximum Gasteiger partial charge on any atom is 0.348 e. The third-order valence-corrected chi connectivity index (χ3v) is 2.84. The molecule has 0 aliphatic carbocycles. The van der Waals surface area contributed by atoms with E-state index in [1.54, 1.807) is 6.07 Å². The van der Waals surface area contributed by atoms with Gasteiger partial charge in [0.2, 0.25) is 0 Å². The van der Waals surface area contributed by atoms with Crippen molar-refractivity contribution in [3.8, 4) is 12.1 Å². The number of nitrogens with one attached hydrogen (secondary N) is 1. The first-order valence-electron chi connectivity index (χ1n) is 6.64. The van der Waals surface area contributed by atoms with Crippen molar-refractivity contribution in [3.63, 3.8) is 0 Å². The normalized spacial score (nSPS) is 11.9. The van der Waals surface area contributed by atoms with Gasteiger partial charge in [-0.2, -0.15) is 10.5 Å². The molecule has 0 aliphatic heterocycles. The van der Waals surface area contributed by atoms with Gasteiger partial charge in [0.15, 0.2) is 0 Å². The van der Waals surface area contributed by atoms with E-state index >= 15 is 0 Å². The maximum atomic E-state index is 11.6. The lowest BCUT2D eigenvalue weighted by molar-refractivity contribution is -0.141. The molecule has 0 fully saturated rings. The molecular weight excluding hydrogens is 330 g/mol. The van der Waals surface area contributed by atoms with E-state index < -0.39 is 35.8 Å². The zero-order chi connectivity index (χ0) is 19.4. The van der Waals surface area contributed by atoms with Crippen molar-refractivity contribution in [2.24, 2.45) is 5.92 Å². The average Bonchev–Trinajstić information content (AvgIpc) is 2.65. The molecule has 1 atom stereocenters. The number of hydrogen-bond acceptors (Lipinski definition) is 9. The lowest BCUT2D eigenvalue weighted by Crippen LogP contribution is -2.13. The predicted octanol–water partition coefficient (Wildman–Crippen LogP) is 0.587. The van der Waals surface area contributed by atoms with Crippen LogP contribution in [-0.2, 0) is 28.6 Å². The van der Waals surface area contributed by atoms with Gasteiger partial charge in [-0.3, -0.25) is 10.2 Å². The molecule has 0 aromatic heterocycles. The molecular formula is C16H15N3O6. The van der Waals surface area contributed by atoms with Crippen LogP contribution in [0.3, 0.4) is 0 Å². The largest absolute Gasteiger partial charge is 0.469 e. The molecule has 0 heterocycles. The fraction of sp³-hybridized carbons (Fsp3) is 0.312. The van der Waals surface area contributed by atoms with Crippen LogP contribution in [0.15, 0.2) is 28.9 Å². The van der Waals surface area contributed by atoms with Gasteiger partial charge < -0.3 is 14.2 Å². The second-order valence-corrected chi connectivity index (χ2v) is 4.30. The van der Waals surface area contributed by atoms with Crippen LogP contribution in [0.25, 0.3) is 0 Å². The first-order valence-corrected chi connectivity index (χ1v) is 6.64. The van der Waals surface area contributed by atoms with Gasteiger partial charge in [0.25, 0.3) is 0 Å².